The Morgan fingerprint density at radius 3 is 2.63 bits per heavy atom. The topological polar surface area (TPSA) is 51.0 Å². The van der Waals surface area contributed by atoms with Gasteiger partial charge < -0.3 is 4.74 Å². The van der Waals surface area contributed by atoms with Crippen LogP contribution in [0, 0.1) is 0 Å². The number of hydrogen-bond donors (Lipinski definition) is 0. The standard InChI is InChI=1S/C15H12N2O2/c1-15(14(18)8-9-19-15)17-16-13-7-6-11-4-2-3-5-12(11)10-13/h2-10H,1H3/b17-16+. The van der Waals surface area contributed by atoms with Crippen LogP contribution in [0.25, 0.3) is 10.8 Å². The molecule has 3 rings (SSSR count). The maximum absolute atomic E-state index is 11.6. The van der Waals surface area contributed by atoms with Crippen LogP contribution in [0.1, 0.15) is 6.92 Å². The van der Waals surface area contributed by atoms with E-state index in [4.69, 9.17) is 4.74 Å². The number of rotatable bonds is 2. The van der Waals surface area contributed by atoms with Gasteiger partial charge in [-0.2, -0.15) is 5.11 Å². The SMILES string of the molecule is CC1(/N=N/c2ccc3ccccc3c2)OC=CC1=O. The Bertz CT molecular complexity index is 706. The summed E-state index contributed by atoms with van der Waals surface area (Å²) in [4.78, 5) is 11.6. The first-order valence-corrected chi connectivity index (χ1v) is 5.98. The Morgan fingerprint density at radius 2 is 1.89 bits per heavy atom. The molecule has 0 amide bonds. The number of hydrogen-bond acceptors (Lipinski definition) is 4. The summed E-state index contributed by atoms with van der Waals surface area (Å²) in [6.07, 6.45) is 2.71. The molecule has 94 valence electrons. The number of carbonyl (C=O) groups excluding carboxylic acids is 1. The van der Waals surface area contributed by atoms with Gasteiger partial charge in [-0.15, -0.1) is 5.11 Å². The fraction of sp³-hybridized carbons (Fsp3) is 0.133. The van der Waals surface area contributed by atoms with E-state index in [1.165, 1.54) is 12.3 Å². The van der Waals surface area contributed by atoms with Crippen molar-refractivity contribution in [1.29, 1.82) is 0 Å². The van der Waals surface area contributed by atoms with Gasteiger partial charge in [-0.1, -0.05) is 30.3 Å². The molecule has 0 N–H and O–H groups in total. The van der Waals surface area contributed by atoms with Crippen molar-refractivity contribution in [1.82, 2.24) is 0 Å². The number of ketones is 1. The zero-order valence-corrected chi connectivity index (χ0v) is 10.4. The maximum atomic E-state index is 11.6. The Kier molecular flexibility index (Phi) is 2.63. The van der Waals surface area contributed by atoms with Gasteiger partial charge >= 0.3 is 0 Å². The number of azo groups is 1. The van der Waals surface area contributed by atoms with Crippen molar-refractivity contribution in [2.24, 2.45) is 10.2 Å². The Morgan fingerprint density at radius 1 is 1.11 bits per heavy atom. The minimum atomic E-state index is -1.22. The monoisotopic (exact) mass is 252 g/mol. The molecule has 0 saturated carbocycles. The largest absolute Gasteiger partial charge is 0.464 e. The molecule has 1 aliphatic rings. The molecule has 0 fully saturated rings. The van der Waals surface area contributed by atoms with E-state index in [0.717, 1.165) is 10.8 Å². The first-order chi connectivity index (χ1) is 9.17. The summed E-state index contributed by atoms with van der Waals surface area (Å²) in [5, 5.41) is 10.3. The van der Waals surface area contributed by atoms with E-state index in [1.807, 2.05) is 42.5 Å². The van der Waals surface area contributed by atoms with E-state index in [2.05, 4.69) is 10.2 Å². The lowest BCUT2D eigenvalue weighted by atomic mass is 10.1. The molecule has 2 aromatic carbocycles. The van der Waals surface area contributed by atoms with E-state index in [1.54, 1.807) is 6.92 Å². The second-order valence-electron chi connectivity index (χ2n) is 4.50. The van der Waals surface area contributed by atoms with Crippen molar-refractivity contribution in [2.45, 2.75) is 12.6 Å². The number of ether oxygens (including phenoxy) is 1. The molecule has 0 aliphatic carbocycles. The summed E-state index contributed by atoms with van der Waals surface area (Å²) in [7, 11) is 0. The second kappa shape index (κ2) is 4.31. The molecule has 0 aromatic heterocycles. The van der Waals surface area contributed by atoms with E-state index < -0.39 is 5.72 Å². The highest BCUT2D eigenvalue weighted by Crippen LogP contribution is 2.26. The Balaban J connectivity index is 1.91. The third-order valence-corrected chi connectivity index (χ3v) is 3.06. The molecule has 0 spiro atoms. The van der Waals surface area contributed by atoms with E-state index in [9.17, 15) is 4.79 Å². The lowest BCUT2D eigenvalue weighted by Gasteiger charge is -2.14. The third kappa shape index (κ3) is 2.12. The van der Waals surface area contributed by atoms with E-state index in [0.29, 0.717) is 5.69 Å². The molecule has 4 nitrogen and oxygen atoms in total. The summed E-state index contributed by atoms with van der Waals surface area (Å²) in [6, 6.07) is 13.8. The minimum Gasteiger partial charge on any atom is -0.464 e. The summed E-state index contributed by atoms with van der Waals surface area (Å²) in [5.41, 5.74) is -0.519. The van der Waals surface area contributed by atoms with Crippen LogP contribution < -0.4 is 0 Å². The van der Waals surface area contributed by atoms with Crippen LogP contribution in [-0.4, -0.2) is 11.5 Å². The first kappa shape index (κ1) is 11.6. The van der Waals surface area contributed by atoms with Gasteiger partial charge in [0.05, 0.1) is 11.9 Å². The highest BCUT2D eigenvalue weighted by atomic mass is 16.5. The number of nitrogens with zero attached hydrogens (tertiary/aromatic N) is 2. The Labute approximate surface area is 110 Å². The molecule has 19 heavy (non-hydrogen) atoms. The number of carbonyl (C=O) groups is 1. The van der Waals surface area contributed by atoms with Crippen LogP contribution in [0.5, 0.6) is 0 Å². The average molecular weight is 252 g/mol. The lowest BCUT2D eigenvalue weighted by Crippen LogP contribution is -2.28. The van der Waals surface area contributed by atoms with Gasteiger partial charge in [0.2, 0.25) is 5.78 Å². The van der Waals surface area contributed by atoms with Crippen molar-refractivity contribution in [2.75, 3.05) is 0 Å². The van der Waals surface area contributed by atoms with E-state index in [-0.39, 0.29) is 5.78 Å². The molecule has 1 unspecified atom stereocenters. The van der Waals surface area contributed by atoms with Crippen molar-refractivity contribution in [3.8, 4) is 0 Å². The number of fused-ring (bicyclic) bond motifs is 1. The van der Waals surface area contributed by atoms with Gasteiger partial charge in [0, 0.05) is 13.0 Å². The molecular formula is C15H12N2O2. The van der Waals surface area contributed by atoms with Crippen LogP contribution in [-0.2, 0) is 9.53 Å². The summed E-state index contributed by atoms with van der Waals surface area (Å²) in [5.74, 6) is -0.197. The molecular weight excluding hydrogens is 240 g/mol. The highest BCUT2D eigenvalue weighted by Gasteiger charge is 2.36. The summed E-state index contributed by atoms with van der Waals surface area (Å²) < 4.78 is 5.17. The predicted octanol–water partition coefficient (Wildman–Crippen LogP) is 3.75. The molecule has 1 heterocycles. The molecule has 1 atom stereocenters. The van der Waals surface area contributed by atoms with Crippen molar-refractivity contribution < 1.29 is 9.53 Å². The molecule has 4 heteroatoms. The third-order valence-electron chi connectivity index (χ3n) is 3.06. The lowest BCUT2D eigenvalue weighted by molar-refractivity contribution is -0.127. The number of benzene rings is 2. The van der Waals surface area contributed by atoms with Crippen LogP contribution in [0.3, 0.4) is 0 Å². The fourth-order valence-electron chi connectivity index (χ4n) is 1.91. The quantitative estimate of drug-likeness (QED) is 0.764. The maximum Gasteiger partial charge on any atom is 0.277 e. The van der Waals surface area contributed by atoms with Gasteiger partial charge in [-0.3, -0.25) is 4.79 Å². The van der Waals surface area contributed by atoms with Gasteiger partial charge in [0.25, 0.3) is 5.72 Å². The Hall–Kier alpha value is -2.49. The predicted molar refractivity (Wildman–Crippen MR) is 72.1 cm³/mol. The van der Waals surface area contributed by atoms with Gasteiger partial charge in [-0.05, 0) is 22.9 Å². The van der Waals surface area contributed by atoms with Gasteiger partial charge in [0.1, 0.15) is 0 Å². The smallest absolute Gasteiger partial charge is 0.277 e. The normalized spacial score (nSPS) is 22.3. The zero-order valence-electron chi connectivity index (χ0n) is 10.4. The highest BCUT2D eigenvalue weighted by molar-refractivity contribution is 5.98. The fourth-order valence-corrected chi connectivity index (χ4v) is 1.91. The van der Waals surface area contributed by atoms with Crippen LogP contribution in [0.15, 0.2) is 65.0 Å². The summed E-state index contributed by atoms with van der Waals surface area (Å²) in [6.45, 7) is 1.60. The minimum absolute atomic E-state index is 0.197. The van der Waals surface area contributed by atoms with Crippen LogP contribution in [0.2, 0.25) is 0 Å². The van der Waals surface area contributed by atoms with Crippen molar-refractivity contribution >= 4 is 22.2 Å². The summed E-state index contributed by atoms with van der Waals surface area (Å²) >= 11 is 0. The molecule has 0 bridgehead atoms. The molecule has 1 aliphatic heterocycles. The first-order valence-electron chi connectivity index (χ1n) is 5.98. The van der Waals surface area contributed by atoms with Gasteiger partial charge in [-0.25, -0.2) is 0 Å². The second-order valence-corrected chi connectivity index (χ2v) is 4.50. The molecule has 2 aromatic rings. The van der Waals surface area contributed by atoms with Gasteiger partial charge in [0.15, 0.2) is 0 Å². The zero-order chi connectivity index (χ0) is 13.3. The van der Waals surface area contributed by atoms with Crippen molar-refractivity contribution in [3.05, 3.63) is 54.8 Å². The van der Waals surface area contributed by atoms with Crippen LogP contribution >= 0.6 is 0 Å². The average Bonchev–Trinajstić information content (AvgIpc) is 2.77. The van der Waals surface area contributed by atoms with E-state index >= 15 is 0 Å². The van der Waals surface area contributed by atoms with Crippen LogP contribution in [0.4, 0.5) is 5.69 Å². The molecule has 0 radical (unpaired) electrons. The molecule has 0 saturated heterocycles. The van der Waals surface area contributed by atoms with Crippen molar-refractivity contribution in [3.63, 3.8) is 0 Å².